The van der Waals surface area contributed by atoms with E-state index in [2.05, 4.69) is 15.5 Å². The molecule has 1 N–H and O–H groups in total. The number of aliphatic hydroxyl groups excluding tert-OH is 1. The highest BCUT2D eigenvalue weighted by Crippen LogP contribution is 2.32. The number of rotatable bonds is 4. The number of hydrogen-bond acceptors (Lipinski definition) is 3. The fourth-order valence-corrected chi connectivity index (χ4v) is 3.82. The summed E-state index contributed by atoms with van der Waals surface area (Å²) >= 11 is 0. The second-order valence-electron chi connectivity index (χ2n) is 6.78. The molecule has 130 valence electrons. The Balaban J connectivity index is 1.52. The van der Waals surface area contributed by atoms with Crippen molar-refractivity contribution in [2.75, 3.05) is 13.1 Å². The van der Waals surface area contributed by atoms with Gasteiger partial charge in [-0.3, -0.25) is 4.90 Å². The van der Waals surface area contributed by atoms with Crippen molar-refractivity contribution in [3.05, 3.63) is 65.7 Å². The van der Waals surface area contributed by atoms with Gasteiger partial charge in [0.05, 0.1) is 17.1 Å². The molecule has 5 heteroatoms. The van der Waals surface area contributed by atoms with E-state index in [0.29, 0.717) is 13.0 Å². The third kappa shape index (κ3) is 3.17. The number of halogens is 1. The van der Waals surface area contributed by atoms with Crippen LogP contribution in [-0.2, 0) is 13.5 Å². The predicted octanol–water partition coefficient (Wildman–Crippen LogP) is 3.06. The molecule has 4 rings (SSSR count). The fraction of sp³-hybridized carbons (Fsp3) is 0.350. The smallest absolute Gasteiger partial charge is 0.123 e. The van der Waals surface area contributed by atoms with E-state index in [4.69, 9.17) is 4.98 Å². The Morgan fingerprint density at radius 1 is 1.16 bits per heavy atom. The first-order valence-corrected chi connectivity index (χ1v) is 8.70. The van der Waals surface area contributed by atoms with Crippen LogP contribution in [0.25, 0.3) is 11.0 Å². The number of para-hydroxylation sites is 2. The van der Waals surface area contributed by atoms with Gasteiger partial charge in [0, 0.05) is 32.6 Å². The van der Waals surface area contributed by atoms with Gasteiger partial charge in [0.2, 0.25) is 0 Å². The Morgan fingerprint density at radius 3 is 2.68 bits per heavy atom. The first-order valence-electron chi connectivity index (χ1n) is 8.70. The minimum atomic E-state index is -0.338. The number of imidazole rings is 1. The van der Waals surface area contributed by atoms with Crippen LogP contribution in [0.1, 0.15) is 23.9 Å². The Hall–Kier alpha value is -2.24. The molecule has 25 heavy (non-hydrogen) atoms. The molecule has 0 radical (unpaired) electrons. The van der Waals surface area contributed by atoms with Crippen molar-refractivity contribution in [2.24, 2.45) is 7.05 Å². The summed E-state index contributed by atoms with van der Waals surface area (Å²) in [5.74, 6) is 0.814. The minimum Gasteiger partial charge on any atom is -0.392 e. The van der Waals surface area contributed by atoms with Crippen molar-refractivity contribution < 1.29 is 9.50 Å². The van der Waals surface area contributed by atoms with Crippen LogP contribution in [-0.4, -0.2) is 38.8 Å². The van der Waals surface area contributed by atoms with E-state index in [0.717, 1.165) is 35.4 Å². The number of β-amino-alcohol motifs (C(OH)–C–C–N with tert-alkyl or cyclic N) is 1. The van der Waals surface area contributed by atoms with E-state index in [1.165, 1.54) is 12.1 Å². The number of aromatic nitrogens is 2. The van der Waals surface area contributed by atoms with Crippen LogP contribution in [0.2, 0.25) is 0 Å². The molecular weight excluding hydrogens is 317 g/mol. The lowest BCUT2D eigenvalue weighted by Crippen LogP contribution is -2.27. The van der Waals surface area contributed by atoms with E-state index in [9.17, 15) is 9.50 Å². The summed E-state index contributed by atoms with van der Waals surface area (Å²) in [5, 5.41) is 10.1. The van der Waals surface area contributed by atoms with Crippen molar-refractivity contribution in [2.45, 2.75) is 25.0 Å². The van der Waals surface area contributed by atoms with Gasteiger partial charge in [0.1, 0.15) is 11.6 Å². The summed E-state index contributed by atoms with van der Waals surface area (Å²) < 4.78 is 15.3. The van der Waals surface area contributed by atoms with E-state index < -0.39 is 0 Å². The normalized spacial score (nSPS) is 21.2. The number of aliphatic hydroxyl groups is 1. The maximum Gasteiger partial charge on any atom is 0.123 e. The summed E-state index contributed by atoms with van der Waals surface area (Å²) in [4.78, 5) is 7.00. The molecule has 2 atom stereocenters. The number of benzene rings is 2. The number of likely N-dealkylation sites (tertiary alicyclic amines) is 1. The highest BCUT2D eigenvalue weighted by Gasteiger charge is 2.31. The molecule has 1 saturated heterocycles. The van der Waals surface area contributed by atoms with Gasteiger partial charge in [-0.05, 0) is 36.2 Å². The number of hydrogen-bond donors (Lipinski definition) is 1. The predicted molar refractivity (Wildman–Crippen MR) is 95.8 cm³/mol. The third-order valence-electron chi connectivity index (χ3n) is 5.14. The zero-order valence-corrected chi connectivity index (χ0v) is 14.3. The largest absolute Gasteiger partial charge is 0.392 e. The van der Waals surface area contributed by atoms with Crippen LogP contribution in [0.3, 0.4) is 0 Å². The summed E-state index contributed by atoms with van der Waals surface area (Å²) in [6, 6.07) is 14.9. The van der Waals surface area contributed by atoms with Crippen LogP contribution in [0.5, 0.6) is 0 Å². The average Bonchev–Trinajstić information content (AvgIpc) is 3.14. The molecule has 1 aromatic heterocycles. The Kier molecular flexibility index (Phi) is 4.27. The molecule has 4 nitrogen and oxygen atoms in total. The van der Waals surface area contributed by atoms with Gasteiger partial charge in [0.15, 0.2) is 0 Å². The first kappa shape index (κ1) is 16.2. The van der Waals surface area contributed by atoms with Gasteiger partial charge < -0.3 is 9.67 Å². The second kappa shape index (κ2) is 6.58. The van der Waals surface area contributed by atoms with Gasteiger partial charge in [-0.25, -0.2) is 9.37 Å². The van der Waals surface area contributed by atoms with Gasteiger partial charge in [-0.15, -0.1) is 0 Å². The van der Waals surface area contributed by atoms with Crippen molar-refractivity contribution in [3.8, 4) is 0 Å². The van der Waals surface area contributed by atoms with Crippen molar-refractivity contribution >= 4 is 11.0 Å². The van der Waals surface area contributed by atoms with E-state index in [1.807, 2.05) is 37.4 Å². The standard InChI is InChI=1S/C20H22FN3O/c1-23-18-5-3-2-4-17(18)22-20(23)10-11-24-13-16(25)12-19(24)14-6-8-15(21)9-7-14/h2-9,16,19,25H,10-13H2,1H3/t16-,19+/m1/s1. The number of fused-ring (bicyclic) bond motifs is 1. The zero-order valence-electron chi connectivity index (χ0n) is 14.3. The second-order valence-corrected chi connectivity index (χ2v) is 6.78. The van der Waals surface area contributed by atoms with E-state index >= 15 is 0 Å². The molecule has 2 heterocycles. The number of nitrogens with zero attached hydrogens (tertiary/aromatic N) is 3. The highest BCUT2D eigenvalue weighted by molar-refractivity contribution is 5.75. The summed E-state index contributed by atoms with van der Waals surface area (Å²) in [6.45, 7) is 1.46. The van der Waals surface area contributed by atoms with Crippen LogP contribution in [0.15, 0.2) is 48.5 Å². The molecule has 2 aromatic carbocycles. The van der Waals surface area contributed by atoms with Gasteiger partial charge in [0.25, 0.3) is 0 Å². The average molecular weight is 339 g/mol. The Labute approximate surface area is 146 Å². The topological polar surface area (TPSA) is 41.3 Å². The third-order valence-corrected chi connectivity index (χ3v) is 5.14. The molecule has 0 aliphatic carbocycles. The Bertz CT molecular complexity index is 874. The number of aryl methyl sites for hydroxylation is 1. The molecule has 3 aromatic rings. The summed E-state index contributed by atoms with van der Waals surface area (Å²) in [7, 11) is 2.04. The molecule has 0 spiro atoms. The molecule has 1 fully saturated rings. The molecule has 1 aliphatic heterocycles. The quantitative estimate of drug-likeness (QED) is 0.794. The Morgan fingerprint density at radius 2 is 1.92 bits per heavy atom. The molecule has 0 bridgehead atoms. The lowest BCUT2D eigenvalue weighted by atomic mass is 10.0. The van der Waals surface area contributed by atoms with Crippen molar-refractivity contribution in [3.63, 3.8) is 0 Å². The fourth-order valence-electron chi connectivity index (χ4n) is 3.82. The minimum absolute atomic E-state index is 0.130. The molecule has 0 amide bonds. The van der Waals surface area contributed by atoms with Crippen LogP contribution in [0.4, 0.5) is 4.39 Å². The van der Waals surface area contributed by atoms with Crippen LogP contribution < -0.4 is 0 Å². The van der Waals surface area contributed by atoms with Gasteiger partial charge in [-0.2, -0.15) is 0 Å². The highest BCUT2D eigenvalue weighted by atomic mass is 19.1. The van der Waals surface area contributed by atoms with E-state index in [-0.39, 0.29) is 18.0 Å². The zero-order chi connectivity index (χ0) is 17.4. The molecule has 0 saturated carbocycles. The summed E-state index contributed by atoms with van der Waals surface area (Å²) in [6.07, 6.45) is 1.17. The molecule has 1 aliphatic rings. The maximum absolute atomic E-state index is 13.2. The summed E-state index contributed by atoms with van der Waals surface area (Å²) in [5.41, 5.74) is 3.20. The molecule has 0 unspecified atom stereocenters. The monoisotopic (exact) mass is 339 g/mol. The first-order chi connectivity index (χ1) is 12.1. The van der Waals surface area contributed by atoms with Gasteiger partial charge >= 0.3 is 0 Å². The van der Waals surface area contributed by atoms with Crippen molar-refractivity contribution in [1.29, 1.82) is 0 Å². The molecular formula is C20H22FN3O. The lowest BCUT2D eigenvalue weighted by molar-refractivity contribution is 0.175. The van der Waals surface area contributed by atoms with Crippen molar-refractivity contribution in [1.82, 2.24) is 14.5 Å². The van der Waals surface area contributed by atoms with E-state index in [1.54, 1.807) is 0 Å². The van der Waals surface area contributed by atoms with Gasteiger partial charge in [-0.1, -0.05) is 24.3 Å². The lowest BCUT2D eigenvalue weighted by Gasteiger charge is -2.24. The van der Waals surface area contributed by atoms with Crippen LogP contribution >= 0.6 is 0 Å². The van der Waals surface area contributed by atoms with Crippen LogP contribution in [0, 0.1) is 5.82 Å². The maximum atomic E-state index is 13.2. The SMILES string of the molecule is Cn1c(CCN2C[C@H](O)C[C@H]2c2ccc(F)cc2)nc2ccccc21.